The average molecular weight is 193 g/mol. The second-order valence-corrected chi connectivity index (χ2v) is 2.87. The number of hydrogen-bond acceptors (Lipinski definition) is 4. The van der Waals surface area contributed by atoms with E-state index in [9.17, 15) is 5.11 Å². The van der Waals surface area contributed by atoms with Crippen molar-refractivity contribution >= 4 is 16.6 Å². The number of phenols is 1. The summed E-state index contributed by atoms with van der Waals surface area (Å²) >= 11 is 0. The van der Waals surface area contributed by atoms with Crippen LogP contribution in [0.5, 0.6) is 5.75 Å². The van der Waals surface area contributed by atoms with Crippen molar-refractivity contribution in [3.63, 3.8) is 0 Å². The first kappa shape index (κ1) is 8.68. The average Bonchev–Trinajstić information content (AvgIpc) is 2.58. The number of phenolic OH excluding ortho intramolecular Hbond substituents is 1. The topological polar surface area (TPSA) is 73.3 Å². The standard InChI is InChI=1S/C9H11N3O2/c1-2-14-12-9-6(5-11-12)7(10)3-4-8(9)13/h3-5,13H,2,10H2,1H3. The van der Waals surface area contributed by atoms with E-state index in [1.54, 1.807) is 12.3 Å². The normalized spacial score (nSPS) is 10.6. The van der Waals surface area contributed by atoms with Crippen LogP contribution in [-0.2, 0) is 0 Å². The molecule has 1 aromatic heterocycles. The maximum Gasteiger partial charge on any atom is 0.154 e. The largest absolute Gasteiger partial charge is 0.506 e. The lowest BCUT2D eigenvalue weighted by atomic mass is 10.2. The Hall–Kier alpha value is -1.91. The fourth-order valence-electron chi connectivity index (χ4n) is 1.34. The molecule has 0 fully saturated rings. The molecule has 0 amide bonds. The molecule has 5 nitrogen and oxygen atoms in total. The van der Waals surface area contributed by atoms with Crippen LogP contribution in [0.25, 0.3) is 10.9 Å². The van der Waals surface area contributed by atoms with Crippen molar-refractivity contribution in [2.45, 2.75) is 6.92 Å². The Labute approximate surface area is 80.7 Å². The quantitative estimate of drug-likeness (QED) is 0.545. The lowest BCUT2D eigenvalue weighted by Gasteiger charge is -2.04. The van der Waals surface area contributed by atoms with Gasteiger partial charge in [0.1, 0.15) is 12.4 Å². The molecule has 14 heavy (non-hydrogen) atoms. The highest BCUT2D eigenvalue weighted by Crippen LogP contribution is 2.28. The van der Waals surface area contributed by atoms with Gasteiger partial charge < -0.3 is 15.7 Å². The maximum atomic E-state index is 9.60. The van der Waals surface area contributed by atoms with Gasteiger partial charge in [-0.25, -0.2) is 0 Å². The van der Waals surface area contributed by atoms with Crippen molar-refractivity contribution in [1.82, 2.24) is 9.94 Å². The van der Waals surface area contributed by atoms with Gasteiger partial charge in [0.2, 0.25) is 0 Å². The predicted octanol–water partition coefficient (Wildman–Crippen LogP) is 0.773. The van der Waals surface area contributed by atoms with Crippen LogP contribution in [0.4, 0.5) is 5.69 Å². The van der Waals surface area contributed by atoms with Crippen molar-refractivity contribution < 1.29 is 9.94 Å². The molecule has 0 aliphatic rings. The molecule has 5 heteroatoms. The molecule has 0 radical (unpaired) electrons. The molecule has 0 spiro atoms. The summed E-state index contributed by atoms with van der Waals surface area (Å²) in [5, 5.41) is 14.2. The highest BCUT2D eigenvalue weighted by molar-refractivity contribution is 5.93. The number of rotatable bonds is 2. The molecule has 1 aromatic carbocycles. The summed E-state index contributed by atoms with van der Waals surface area (Å²) < 4.78 is 0. The minimum Gasteiger partial charge on any atom is -0.506 e. The smallest absolute Gasteiger partial charge is 0.154 e. The zero-order valence-corrected chi connectivity index (χ0v) is 7.77. The second kappa shape index (κ2) is 3.10. The molecular formula is C9H11N3O2. The number of anilines is 1. The van der Waals surface area contributed by atoms with Crippen molar-refractivity contribution in [2.75, 3.05) is 12.3 Å². The Morgan fingerprint density at radius 3 is 3.07 bits per heavy atom. The second-order valence-electron chi connectivity index (χ2n) is 2.87. The number of aromatic nitrogens is 2. The predicted molar refractivity (Wildman–Crippen MR) is 52.9 cm³/mol. The van der Waals surface area contributed by atoms with E-state index >= 15 is 0 Å². The Morgan fingerprint density at radius 2 is 2.36 bits per heavy atom. The summed E-state index contributed by atoms with van der Waals surface area (Å²) in [6.07, 6.45) is 1.57. The van der Waals surface area contributed by atoms with Gasteiger partial charge in [0, 0.05) is 5.69 Å². The lowest BCUT2D eigenvalue weighted by Crippen LogP contribution is -2.11. The van der Waals surface area contributed by atoms with Crippen molar-refractivity contribution in [3.8, 4) is 5.75 Å². The number of benzene rings is 1. The molecule has 0 atom stereocenters. The van der Waals surface area contributed by atoms with Crippen LogP contribution in [0.3, 0.4) is 0 Å². The summed E-state index contributed by atoms with van der Waals surface area (Å²) in [7, 11) is 0. The molecule has 0 aliphatic heterocycles. The van der Waals surface area contributed by atoms with Crippen molar-refractivity contribution in [1.29, 1.82) is 0 Å². The van der Waals surface area contributed by atoms with Crippen LogP contribution in [0.2, 0.25) is 0 Å². The molecule has 0 unspecified atom stereocenters. The molecule has 0 saturated carbocycles. The number of nitrogens with zero attached hydrogens (tertiary/aromatic N) is 2. The van der Waals surface area contributed by atoms with Crippen LogP contribution in [0, 0.1) is 0 Å². The van der Waals surface area contributed by atoms with Gasteiger partial charge in [0.15, 0.2) is 5.52 Å². The summed E-state index contributed by atoms with van der Waals surface area (Å²) in [5.74, 6) is 0.111. The first-order valence-corrected chi connectivity index (χ1v) is 4.32. The molecular weight excluding hydrogens is 182 g/mol. The number of nitrogens with two attached hydrogens (primary N) is 1. The van der Waals surface area contributed by atoms with Crippen LogP contribution in [0.1, 0.15) is 6.92 Å². The summed E-state index contributed by atoms with van der Waals surface area (Å²) in [5.41, 5.74) is 6.79. The molecule has 1 heterocycles. The van der Waals surface area contributed by atoms with Crippen molar-refractivity contribution in [2.24, 2.45) is 0 Å². The van der Waals surface area contributed by atoms with Gasteiger partial charge in [-0.3, -0.25) is 0 Å². The molecule has 0 saturated heterocycles. The van der Waals surface area contributed by atoms with Gasteiger partial charge in [-0.15, -0.1) is 5.10 Å². The summed E-state index contributed by atoms with van der Waals surface area (Å²) in [6.45, 7) is 2.32. The summed E-state index contributed by atoms with van der Waals surface area (Å²) in [6, 6.07) is 3.16. The van der Waals surface area contributed by atoms with E-state index in [2.05, 4.69) is 5.10 Å². The van der Waals surface area contributed by atoms with Gasteiger partial charge in [0.05, 0.1) is 11.6 Å². The fourth-order valence-corrected chi connectivity index (χ4v) is 1.34. The van der Waals surface area contributed by atoms with E-state index in [1.807, 2.05) is 6.92 Å². The third-order valence-electron chi connectivity index (χ3n) is 1.96. The highest BCUT2D eigenvalue weighted by Gasteiger charge is 2.10. The van der Waals surface area contributed by atoms with Gasteiger partial charge in [-0.05, 0) is 19.1 Å². The number of nitrogen functional groups attached to an aromatic ring is 1. The van der Waals surface area contributed by atoms with Crippen LogP contribution in [0.15, 0.2) is 18.3 Å². The first-order chi connectivity index (χ1) is 6.74. The number of fused-ring (bicyclic) bond motifs is 1. The minimum atomic E-state index is 0.111. The molecule has 0 bridgehead atoms. The van der Waals surface area contributed by atoms with E-state index in [-0.39, 0.29) is 5.75 Å². The van der Waals surface area contributed by atoms with Crippen molar-refractivity contribution in [3.05, 3.63) is 18.3 Å². The number of aromatic hydroxyl groups is 1. The Kier molecular flexibility index (Phi) is 1.92. The van der Waals surface area contributed by atoms with Gasteiger partial charge in [-0.2, -0.15) is 0 Å². The SMILES string of the molecule is CCOn1ncc2c(N)ccc(O)c21. The van der Waals surface area contributed by atoms with E-state index in [4.69, 9.17) is 10.6 Å². The molecule has 3 N–H and O–H groups in total. The Morgan fingerprint density at radius 1 is 1.57 bits per heavy atom. The zero-order valence-electron chi connectivity index (χ0n) is 7.77. The Balaban J connectivity index is 2.70. The summed E-state index contributed by atoms with van der Waals surface area (Å²) in [4.78, 5) is 6.46. The van der Waals surface area contributed by atoms with E-state index in [1.165, 1.54) is 10.9 Å². The van der Waals surface area contributed by atoms with E-state index < -0.39 is 0 Å². The van der Waals surface area contributed by atoms with Gasteiger partial charge in [-0.1, -0.05) is 4.85 Å². The zero-order chi connectivity index (χ0) is 10.1. The maximum absolute atomic E-state index is 9.60. The number of hydrogen-bond donors (Lipinski definition) is 2. The van der Waals surface area contributed by atoms with Crippen LogP contribution < -0.4 is 10.6 Å². The monoisotopic (exact) mass is 193 g/mol. The van der Waals surface area contributed by atoms with Crippen LogP contribution >= 0.6 is 0 Å². The van der Waals surface area contributed by atoms with Crippen LogP contribution in [-0.4, -0.2) is 21.7 Å². The van der Waals surface area contributed by atoms with E-state index in [0.29, 0.717) is 23.2 Å². The fraction of sp³-hybridized carbons (Fsp3) is 0.222. The Bertz CT molecular complexity index is 464. The van der Waals surface area contributed by atoms with Gasteiger partial charge in [0.25, 0.3) is 0 Å². The first-order valence-electron chi connectivity index (χ1n) is 4.32. The molecule has 74 valence electrons. The van der Waals surface area contributed by atoms with Gasteiger partial charge >= 0.3 is 0 Å². The minimum absolute atomic E-state index is 0.111. The highest BCUT2D eigenvalue weighted by atomic mass is 16.7. The lowest BCUT2D eigenvalue weighted by molar-refractivity contribution is 0.102. The molecule has 2 aromatic rings. The molecule has 0 aliphatic carbocycles. The van der Waals surface area contributed by atoms with E-state index in [0.717, 1.165) is 0 Å². The molecule has 2 rings (SSSR count). The third-order valence-corrected chi connectivity index (χ3v) is 1.96. The third kappa shape index (κ3) is 1.14.